The Hall–Kier alpha value is -1.10. The Labute approximate surface area is 125 Å². The molecule has 0 atom stereocenters. The first-order chi connectivity index (χ1) is 9.60. The lowest BCUT2D eigenvalue weighted by Gasteiger charge is -2.30. The second-order valence-corrected chi connectivity index (χ2v) is 5.82. The number of anilines is 1. The fraction of sp³-hybridized carbons (Fsp3) is 0.533. The fourth-order valence-electron chi connectivity index (χ4n) is 2.52. The fourth-order valence-corrected chi connectivity index (χ4v) is 2.69. The van der Waals surface area contributed by atoms with Crippen LogP contribution in [-0.2, 0) is 4.79 Å². The predicted octanol–water partition coefficient (Wildman–Crippen LogP) is 2.26. The van der Waals surface area contributed by atoms with Gasteiger partial charge >= 0.3 is 0 Å². The van der Waals surface area contributed by atoms with Crippen molar-refractivity contribution < 1.29 is 4.79 Å². The number of halogens is 1. The summed E-state index contributed by atoms with van der Waals surface area (Å²) in [4.78, 5) is 14.3. The molecule has 0 saturated carbocycles. The van der Waals surface area contributed by atoms with E-state index < -0.39 is 0 Å². The molecule has 1 fully saturated rings. The van der Waals surface area contributed by atoms with Gasteiger partial charge in [0.1, 0.15) is 0 Å². The molecule has 5 heteroatoms. The summed E-state index contributed by atoms with van der Waals surface area (Å²) < 4.78 is 0. The van der Waals surface area contributed by atoms with Gasteiger partial charge in [-0.2, -0.15) is 0 Å². The van der Waals surface area contributed by atoms with Gasteiger partial charge in [0.15, 0.2) is 0 Å². The third-order valence-electron chi connectivity index (χ3n) is 3.95. The van der Waals surface area contributed by atoms with Crippen molar-refractivity contribution in [3.63, 3.8) is 0 Å². The summed E-state index contributed by atoms with van der Waals surface area (Å²) in [5.74, 6) is 0.631. The molecule has 1 saturated heterocycles. The van der Waals surface area contributed by atoms with E-state index in [-0.39, 0.29) is 5.91 Å². The summed E-state index contributed by atoms with van der Waals surface area (Å²) in [6, 6.07) is 5.54. The Bertz CT molecular complexity index is 470. The van der Waals surface area contributed by atoms with Crippen molar-refractivity contribution in [2.75, 3.05) is 31.5 Å². The Balaban J connectivity index is 1.85. The van der Waals surface area contributed by atoms with Gasteiger partial charge in [-0.05, 0) is 63.0 Å². The molecule has 0 aliphatic carbocycles. The van der Waals surface area contributed by atoms with Crippen LogP contribution in [0.25, 0.3) is 0 Å². The molecule has 1 aliphatic heterocycles. The maximum absolute atomic E-state index is 12.1. The maximum Gasteiger partial charge on any atom is 0.238 e. The highest BCUT2D eigenvalue weighted by Crippen LogP contribution is 2.23. The predicted molar refractivity (Wildman–Crippen MR) is 83.0 cm³/mol. The first-order valence-corrected chi connectivity index (χ1v) is 7.45. The van der Waals surface area contributed by atoms with Gasteiger partial charge in [-0.3, -0.25) is 9.69 Å². The molecule has 4 nitrogen and oxygen atoms in total. The molecular formula is C15H22ClN3O. The van der Waals surface area contributed by atoms with E-state index in [1.54, 1.807) is 0 Å². The van der Waals surface area contributed by atoms with Crippen LogP contribution in [0.3, 0.4) is 0 Å². The lowest BCUT2D eigenvalue weighted by atomic mass is 9.97. The Morgan fingerprint density at radius 1 is 1.45 bits per heavy atom. The minimum Gasteiger partial charge on any atom is -0.330 e. The Kier molecular flexibility index (Phi) is 5.40. The number of hydrogen-bond donors (Lipinski definition) is 2. The van der Waals surface area contributed by atoms with Crippen molar-refractivity contribution >= 4 is 23.2 Å². The monoisotopic (exact) mass is 295 g/mol. The molecule has 1 aromatic carbocycles. The lowest BCUT2D eigenvalue weighted by molar-refractivity contribution is -0.117. The van der Waals surface area contributed by atoms with E-state index in [1.807, 2.05) is 25.1 Å². The number of hydrogen-bond acceptors (Lipinski definition) is 3. The minimum atomic E-state index is 0.0153. The van der Waals surface area contributed by atoms with E-state index in [2.05, 4.69) is 10.2 Å². The zero-order valence-corrected chi connectivity index (χ0v) is 12.6. The van der Waals surface area contributed by atoms with E-state index >= 15 is 0 Å². The summed E-state index contributed by atoms with van der Waals surface area (Å²) in [5, 5.41) is 3.61. The van der Waals surface area contributed by atoms with Crippen LogP contribution in [-0.4, -0.2) is 37.0 Å². The number of nitrogens with one attached hydrogen (secondary N) is 1. The van der Waals surface area contributed by atoms with Crippen LogP contribution in [0.5, 0.6) is 0 Å². The van der Waals surface area contributed by atoms with E-state index in [0.29, 0.717) is 17.5 Å². The summed E-state index contributed by atoms with van der Waals surface area (Å²) in [7, 11) is 0. The molecule has 0 unspecified atom stereocenters. The number of carbonyl (C=O) groups is 1. The highest BCUT2D eigenvalue weighted by molar-refractivity contribution is 6.31. The highest BCUT2D eigenvalue weighted by Gasteiger charge is 2.20. The third-order valence-corrected chi connectivity index (χ3v) is 4.36. The van der Waals surface area contributed by atoms with E-state index in [4.69, 9.17) is 17.3 Å². The number of benzene rings is 1. The second kappa shape index (κ2) is 7.07. The standard InChI is InChI=1S/C15H22ClN3O/c1-11-13(16)3-2-4-14(11)18-15(20)10-19-7-5-12(9-17)6-8-19/h2-4,12H,5-10,17H2,1H3,(H,18,20). The number of likely N-dealkylation sites (tertiary alicyclic amines) is 1. The molecule has 0 radical (unpaired) electrons. The largest absolute Gasteiger partial charge is 0.330 e. The van der Waals surface area contributed by atoms with Crippen LogP contribution in [0.15, 0.2) is 18.2 Å². The normalized spacial score (nSPS) is 17.1. The molecule has 1 amide bonds. The van der Waals surface area contributed by atoms with Crippen LogP contribution < -0.4 is 11.1 Å². The van der Waals surface area contributed by atoms with Crippen LogP contribution in [0, 0.1) is 12.8 Å². The van der Waals surface area contributed by atoms with Crippen molar-refractivity contribution in [2.45, 2.75) is 19.8 Å². The van der Waals surface area contributed by atoms with Crippen LogP contribution >= 0.6 is 11.6 Å². The van der Waals surface area contributed by atoms with Gasteiger partial charge in [-0.15, -0.1) is 0 Å². The van der Waals surface area contributed by atoms with Crippen LogP contribution in [0.4, 0.5) is 5.69 Å². The molecule has 1 aromatic rings. The van der Waals surface area contributed by atoms with Gasteiger partial charge in [0.05, 0.1) is 6.54 Å². The van der Waals surface area contributed by atoms with Crippen molar-refractivity contribution in [2.24, 2.45) is 11.7 Å². The summed E-state index contributed by atoms with van der Waals surface area (Å²) in [6.07, 6.45) is 2.17. The number of amides is 1. The Morgan fingerprint density at radius 2 is 2.15 bits per heavy atom. The van der Waals surface area contributed by atoms with Crippen LogP contribution in [0.2, 0.25) is 5.02 Å². The molecule has 0 spiro atoms. The Morgan fingerprint density at radius 3 is 2.80 bits per heavy atom. The van der Waals surface area contributed by atoms with Gasteiger partial charge in [0.25, 0.3) is 0 Å². The maximum atomic E-state index is 12.1. The van der Waals surface area contributed by atoms with E-state index in [0.717, 1.165) is 43.7 Å². The summed E-state index contributed by atoms with van der Waals surface area (Å²) in [6.45, 7) is 4.99. The molecule has 110 valence electrons. The average Bonchev–Trinajstić information content (AvgIpc) is 2.45. The average molecular weight is 296 g/mol. The zero-order valence-electron chi connectivity index (χ0n) is 11.9. The molecule has 20 heavy (non-hydrogen) atoms. The van der Waals surface area contributed by atoms with Crippen molar-refractivity contribution in [1.82, 2.24) is 4.90 Å². The molecule has 3 N–H and O–H groups in total. The highest BCUT2D eigenvalue weighted by atomic mass is 35.5. The van der Waals surface area contributed by atoms with Gasteiger partial charge in [0, 0.05) is 10.7 Å². The molecule has 1 heterocycles. The number of nitrogens with zero attached hydrogens (tertiary/aromatic N) is 1. The number of carbonyl (C=O) groups excluding carboxylic acids is 1. The van der Waals surface area contributed by atoms with Gasteiger partial charge < -0.3 is 11.1 Å². The number of nitrogens with two attached hydrogens (primary N) is 1. The topological polar surface area (TPSA) is 58.4 Å². The van der Waals surface area contributed by atoms with Crippen molar-refractivity contribution in [3.8, 4) is 0 Å². The first kappa shape index (κ1) is 15.3. The van der Waals surface area contributed by atoms with Gasteiger partial charge in [-0.1, -0.05) is 17.7 Å². The van der Waals surface area contributed by atoms with Gasteiger partial charge in [-0.25, -0.2) is 0 Å². The molecule has 0 bridgehead atoms. The molecule has 1 aliphatic rings. The SMILES string of the molecule is Cc1c(Cl)cccc1NC(=O)CN1CCC(CN)CC1. The van der Waals surface area contributed by atoms with Gasteiger partial charge in [0.2, 0.25) is 5.91 Å². The minimum absolute atomic E-state index is 0.0153. The molecule has 0 aromatic heterocycles. The summed E-state index contributed by atoms with van der Waals surface area (Å²) in [5.41, 5.74) is 7.37. The number of rotatable bonds is 4. The molecular weight excluding hydrogens is 274 g/mol. The van der Waals surface area contributed by atoms with Crippen molar-refractivity contribution in [1.29, 1.82) is 0 Å². The summed E-state index contributed by atoms with van der Waals surface area (Å²) >= 11 is 6.05. The molecule has 2 rings (SSSR count). The van der Waals surface area contributed by atoms with Crippen LogP contribution in [0.1, 0.15) is 18.4 Å². The van der Waals surface area contributed by atoms with E-state index in [9.17, 15) is 4.79 Å². The smallest absolute Gasteiger partial charge is 0.238 e. The zero-order chi connectivity index (χ0) is 14.5. The van der Waals surface area contributed by atoms with E-state index in [1.165, 1.54) is 0 Å². The number of piperidine rings is 1. The van der Waals surface area contributed by atoms with Crippen molar-refractivity contribution in [3.05, 3.63) is 28.8 Å². The lowest BCUT2D eigenvalue weighted by Crippen LogP contribution is -2.40. The second-order valence-electron chi connectivity index (χ2n) is 5.42. The third kappa shape index (κ3) is 3.95. The first-order valence-electron chi connectivity index (χ1n) is 7.07. The quantitative estimate of drug-likeness (QED) is 0.896.